The highest BCUT2D eigenvalue weighted by molar-refractivity contribution is 5.94. The highest BCUT2D eigenvalue weighted by Gasteiger charge is 2.10. The molecule has 0 aliphatic rings. The summed E-state index contributed by atoms with van der Waals surface area (Å²) in [5.74, 6) is -1.50. The Hall–Kier alpha value is -1.62. The fourth-order valence-electron chi connectivity index (χ4n) is 0.969. The molecule has 0 aliphatic carbocycles. The van der Waals surface area contributed by atoms with Gasteiger partial charge in [0.2, 0.25) is 0 Å². The van der Waals surface area contributed by atoms with Gasteiger partial charge in [-0.2, -0.15) is 0 Å². The maximum atomic E-state index is 13.1. The summed E-state index contributed by atoms with van der Waals surface area (Å²) in [5, 5.41) is 11.3. The van der Waals surface area contributed by atoms with Crippen LogP contribution in [0.15, 0.2) is 18.2 Å². The zero-order chi connectivity index (χ0) is 10.6. The van der Waals surface area contributed by atoms with Crippen LogP contribution in [0.3, 0.4) is 0 Å². The first-order valence-corrected chi connectivity index (χ1v) is 4.12. The maximum Gasteiger partial charge on any atom is 0.254 e. The van der Waals surface area contributed by atoms with Gasteiger partial charge in [0.25, 0.3) is 5.91 Å². The summed E-state index contributed by atoms with van der Waals surface area (Å²) in [6, 6.07) is 3.36. The van der Waals surface area contributed by atoms with Crippen LogP contribution in [0, 0.1) is 5.82 Å². The minimum absolute atomic E-state index is 0.101. The molecular weight excluding hydrogens is 187 g/mol. The van der Waals surface area contributed by atoms with E-state index in [1.807, 2.05) is 0 Å². The van der Waals surface area contributed by atoms with Crippen molar-refractivity contribution in [2.24, 2.45) is 5.73 Å². The molecule has 0 atom stereocenters. The Balaban J connectivity index is 2.80. The zero-order valence-corrected chi connectivity index (χ0v) is 7.46. The number of phenolic OH excluding ortho intramolecular Hbond substituents is 1. The Morgan fingerprint density at radius 1 is 1.57 bits per heavy atom. The zero-order valence-electron chi connectivity index (χ0n) is 7.46. The number of phenols is 1. The van der Waals surface area contributed by atoms with E-state index in [0.29, 0.717) is 13.1 Å². The van der Waals surface area contributed by atoms with E-state index in [2.05, 4.69) is 5.32 Å². The van der Waals surface area contributed by atoms with E-state index >= 15 is 0 Å². The Morgan fingerprint density at radius 3 is 2.86 bits per heavy atom. The topological polar surface area (TPSA) is 75.3 Å². The number of benzene rings is 1. The van der Waals surface area contributed by atoms with Gasteiger partial charge in [-0.15, -0.1) is 0 Å². The fourth-order valence-corrected chi connectivity index (χ4v) is 0.969. The number of hydrogen-bond acceptors (Lipinski definition) is 3. The molecule has 14 heavy (non-hydrogen) atoms. The van der Waals surface area contributed by atoms with Gasteiger partial charge in [0.15, 0.2) is 0 Å². The van der Waals surface area contributed by atoms with Gasteiger partial charge in [0.05, 0.1) is 5.56 Å². The second kappa shape index (κ2) is 4.57. The van der Waals surface area contributed by atoms with Crippen molar-refractivity contribution >= 4 is 5.91 Å². The van der Waals surface area contributed by atoms with E-state index < -0.39 is 11.7 Å². The fraction of sp³-hybridized carbons (Fsp3) is 0.222. The van der Waals surface area contributed by atoms with Gasteiger partial charge in [-0.3, -0.25) is 4.79 Å². The molecule has 0 bridgehead atoms. The molecule has 1 aromatic carbocycles. The van der Waals surface area contributed by atoms with Crippen LogP contribution in [0.1, 0.15) is 10.4 Å². The van der Waals surface area contributed by atoms with Crippen LogP contribution >= 0.6 is 0 Å². The number of carbonyl (C=O) groups excluding carboxylic acids is 1. The van der Waals surface area contributed by atoms with E-state index in [1.165, 1.54) is 12.1 Å². The first-order chi connectivity index (χ1) is 6.65. The molecule has 0 heterocycles. The average Bonchev–Trinajstić information content (AvgIpc) is 2.14. The van der Waals surface area contributed by atoms with Crippen molar-refractivity contribution < 1.29 is 14.3 Å². The molecule has 0 saturated carbocycles. The van der Waals surface area contributed by atoms with Crippen molar-refractivity contribution in [2.75, 3.05) is 13.1 Å². The summed E-state index contributed by atoms with van der Waals surface area (Å²) in [5.41, 5.74) is 5.07. The molecule has 1 aromatic rings. The van der Waals surface area contributed by atoms with E-state index in [-0.39, 0.29) is 11.3 Å². The van der Waals surface area contributed by atoms with Crippen LogP contribution in [-0.2, 0) is 0 Å². The molecule has 0 aromatic heterocycles. The third kappa shape index (κ3) is 2.43. The van der Waals surface area contributed by atoms with Gasteiger partial charge < -0.3 is 16.2 Å². The molecule has 4 nitrogen and oxygen atoms in total. The number of aromatic hydroxyl groups is 1. The van der Waals surface area contributed by atoms with Crippen molar-refractivity contribution in [1.29, 1.82) is 0 Å². The van der Waals surface area contributed by atoms with Crippen molar-refractivity contribution in [3.05, 3.63) is 29.6 Å². The highest BCUT2D eigenvalue weighted by atomic mass is 19.1. The third-order valence-corrected chi connectivity index (χ3v) is 1.63. The van der Waals surface area contributed by atoms with Gasteiger partial charge in [-0.1, -0.05) is 0 Å². The number of halogens is 1. The van der Waals surface area contributed by atoms with Gasteiger partial charge in [0.1, 0.15) is 11.6 Å². The van der Waals surface area contributed by atoms with Gasteiger partial charge in [0, 0.05) is 19.2 Å². The van der Waals surface area contributed by atoms with Gasteiger partial charge in [-0.25, -0.2) is 4.39 Å². The number of nitrogens with two attached hydrogens (primary N) is 1. The molecule has 5 heteroatoms. The quantitative estimate of drug-likeness (QED) is 0.650. The predicted molar refractivity (Wildman–Crippen MR) is 49.5 cm³/mol. The van der Waals surface area contributed by atoms with Crippen LogP contribution in [-0.4, -0.2) is 24.1 Å². The Morgan fingerprint density at radius 2 is 2.29 bits per heavy atom. The first kappa shape index (κ1) is 10.5. The summed E-state index contributed by atoms with van der Waals surface area (Å²) >= 11 is 0. The minimum Gasteiger partial charge on any atom is -0.508 e. The largest absolute Gasteiger partial charge is 0.508 e. The summed E-state index contributed by atoms with van der Waals surface area (Å²) < 4.78 is 13.1. The van der Waals surface area contributed by atoms with Crippen molar-refractivity contribution in [1.82, 2.24) is 5.32 Å². The van der Waals surface area contributed by atoms with Gasteiger partial charge in [-0.05, 0) is 12.1 Å². The lowest BCUT2D eigenvalue weighted by atomic mass is 10.2. The summed E-state index contributed by atoms with van der Waals surface area (Å²) in [4.78, 5) is 11.2. The lowest BCUT2D eigenvalue weighted by Gasteiger charge is -2.04. The molecule has 0 fully saturated rings. The van der Waals surface area contributed by atoms with Crippen LogP contribution in [0.25, 0.3) is 0 Å². The normalized spacial score (nSPS) is 9.86. The molecular formula is C9H11FN2O2. The molecule has 4 N–H and O–H groups in total. The van der Waals surface area contributed by atoms with Crippen LogP contribution in [0.4, 0.5) is 4.39 Å². The second-order valence-electron chi connectivity index (χ2n) is 2.71. The monoisotopic (exact) mass is 198 g/mol. The van der Waals surface area contributed by atoms with Gasteiger partial charge >= 0.3 is 0 Å². The second-order valence-corrected chi connectivity index (χ2v) is 2.71. The first-order valence-electron chi connectivity index (χ1n) is 4.12. The molecule has 0 saturated heterocycles. The van der Waals surface area contributed by atoms with Crippen LogP contribution in [0.2, 0.25) is 0 Å². The molecule has 76 valence electrons. The number of rotatable bonds is 3. The third-order valence-electron chi connectivity index (χ3n) is 1.63. The number of hydrogen-bond donors (Lipinski definition) is 3. The van der Waals surface area contributed by atoms with E-state index in [0.717, 1.165) is 6.07 Å². The summed E-state index contributed by atoms with van der Waals surface area (Å²) in [7, 11) is 0. The maximum absolute atomic E-state index is 13.1. The van der Waals surface area contributed by atoms with Crippen LogP contribution in [0.5, 0.6) is 5.75 Å². The minimum atomic E-state index is -0.750. The number of amides is 1. The van der Waals surface area contributed by atoms with E-state index in [4.69, 9.17) is 10.8 Å². The van der Waals surface area contributed by atoms with Crippen molar-refractivity contribution in [3.8, 4) is 5.75 Å². The standard InChI is InChI=1S/C9H11FN2O2/c10-8-5-6(13)1-2-7(8)9(14)12-4-3-11/h1-2,5,13H,3-4,11H2,(H,12,14). The molecule has 0 aliphatic heterocycles. The average molecular weight is 198 g/mol. The molecule has 0 radical (unpaired) electrons. The van der Waals surface area contributed by atoms with Crippen LogP contribution < -0.4 is 11.1 Å². The summed E-state index contributed by atoms with van der Waals surface area (Å²) in [6.07, 6.45) is 0. The Kier molecular flexibility index (Phi) is 3.41. The van der Waals surface area contributed by atoms with E-state index in [9.17, 15) is 9.18 Å². The lowest BCUT2D eigenvalue weighted by molar-refractivity contribution is 0.0950. The number of nitrogens with one attached hydrogen (secondary N) is 1. The van der Waals surface area contributed by atoms with E-state index in [1.54, 1.807) is 0 Å². The SMILES string of the molecule is NCCNC(=O)c1ccc(O)cc1F. The molecule has 1 rings (SSSR count). The van der Waals surface area contributed by atoms with Crippen molar-refractivity contribution in [2.45, 2.75) is 0 Å². The van der Waals surface area contributed by atoms with Crippen molar-refractivity contribution in [3.63, 3.8) is 0 Å². The smallest absolute Gasteiger partial charge is 0.254 e. The Labute approximate surface area is 80.5 Å². The molecule has 0 unspecified atom stereocenters. The lowest BCUT2D eigenvalue weighted by Crippen LogP contribution is -2.29. The number of carbonyl (C=O) groups is 1. The highest BCUT2D eigenvalue weighted by Crippen LogP contribution is 2.14. The Bertz CT molecular complexity index is 342. The molecule has 1 amide bonds. The summed E-state index contributed by atoms with van der Waals surface area (Å²) in [6.45, 7) is 0.588. The predicted octanol–water partition coefficient (Wildman–Crippen LogP) is 0.220. The molecule has 0 spiro atoms.